The van der Waals surface area contributed by atoms with Gasteiger partial charge in [0.1, 0.15) is 5.75 Å². The maximum Gasteiger partial charge on any atom is 0.119 e. The first-order valence-electron chi connectivity index (χ1n) is 7.95. The highest BCUT2D eigenvalue weighted by Crippen LogP contribution is 2.25. The van der Waals surface area contributed by atoms with Crippen LogP contribution >= 0.6 is 0 Å². The van der Waals surface area contributed by atoms with Crippen molar-refractivity contribution < 1.29 is 9.47 Å². The first kappa shape index (κ1) is 15.1. The van der Waals surface area contributed by atoms with E-state index in [1.54, 1.807) is 0 Å². The van der Waals surface area contributed by atoms with Gasteiger partial charge >= 0.3 is 0 Å². The van der Waals surface area contributed by atoms with E-state index >= 15 is 0 Å². The van der Waals surface area contributed by atoms with Crippen LogP contribution in [0.4, 0.5) is 0 Å². The van der Waals surface area contributed by atoms with Crippen LogP contribution < -0.4 is 10.5 Å². The highest BCUT2D eigenvalue weighted by Gasteiger charge is 2.14. The lowest BCUT2D eigenvalue weighted by Crippen LogP contribution is -2.21. The van der Waals surface area contributed by atoms with Crippen LogP contribution in [0.25, 0.3) is 11.1 Å². The molecule has 1 aliphatic heterocycles. The molecule has 0 unspecified atom stereocenters. The summed E-state index contributed by atoms with van der Waals surface area (Å²) in [7, 11) is 0. The average molecular weight is 297 g/mol. The van der Waals surface area contributed by atoms with Gasteiger partial charge in [0.25, 0.3) is 0 Å². The predicted octanol–water partition coefficient (Wildman–Crippen LogP) is 3.62. The first-order valence-corrected chi connectivity index (χ1v) is 7.95. The fraction of sp³-hybridized carbons (Fsp3) is 0.368. The van der Waals surface area contributed by atoms with Gasteiger partial charge in [-0.25, -0.2) is 0 Å². The molecule has 116 valence electrons. The molecule has 1 heterocycles. The minimum absolute atomic E-state index is 0.563. The SMILES string of the molecule is NCc1cccc(-c2cccc(OCC3CCOCC3)c2)c1. The second-order valence-corrected chi connectivity index (χ2v) is 5.80. The Morgan fingerprint density at radius 3 is 2.50 bits per heavy atom. The van der Waals surface area contributed by atoms with Crippen molar-refractivity contribution in [1.29, 1.82) is 0 Å². The predicted molar refractivity (Wildman–Crippen MR) is 88.8 cm³/mol. The lowest BCUT2D eigenvalue weighted by atomic mass is 10.0. The van der Waals surface area contributed by atoms with Crippen molar-refractivity contribution in [3.63, 3.8) is 0 Å². The summed E-state index contributed by atoms with van der Waals surface area (Å²) >= 11 is 0. The third-order valence-electron chi connectivity index (χ3n) is 4.16. The molecule has 0 amide bonds. The van der Waals surface area contributed by atoms with Crippen molar-refractivity contribution in [3.05, 3.63) is 54.1 Å². The Morgan fingerprint density at radius 2 is 1.73 bits per heavy atom. The topological polar surface area (TPSA) is 44.5 Å². The van der Waals surface area contributed by atoms with E-state index in [9.17, 15) is 0 Å². The zero-order chi connectivity index (χ0) is 15.2. The summed E-state index contributed by atoms with van der Waals surface area (Å²) < 4.78 is 11.4. The van der Waals surface area contributed by atoms with Crippen LogP contribution in [-0.4, -0.2) is 19.8 Å². The van der Waals surface area contributed by atoms with E-state index in [4.69, 9.17) is 15.2 Å². The fourth-order valence-corrected chi connectivity index (χ4v) is 2.77. The molecule has 0 aliphatic carbocycles. The van der Waals surface area contributed by atoms with E-state index in [2.05, 4.69) is 30.3 Å². The van der Waals surface area contributed by atoms with E-state index in [1.807, 2.05) is 18.2 Å². The van der Waals surface area contributed by atoms with Gasteiger partial charge < -0.3 is 15.2 Å². The first-order chi connectivity index (χ1) is 10.8. The van der Waals surface area contributed by atoms with E-state index < -0.39 is 0 Å². The summed E-state index contributed by atoms with van der Waals surface area (Å²) in [6.45, 7) is 3.06. The zero-order valence-corrected chi connectivity index (χ0v) is 12.8. The molecule has 3 heteroatoms. The molecule has 1 saturated heterocycles. The van der Waals surface area contributed by atoms with Crippen LogP contribution in [0.1, 0.15) is 18.4 Å². The summed E-state index contributed by atoms with van der Waals surface area (Å²) in [5, 5.41) is 0. The number of hydrogen-bond acceptors (Lipinski definition) is 3. The third kappa shape index (κ3) is 3.87. The van der Waals surface area contributed by atoms with Gasteiger partial charge in [0.15, 0.2) is 0 Å². The van der Waals surface area contributed by atoms with E-state index in [-0.39, 0.29) is 0 Å². The van der Waals surface area contributed by atoms with Crippen LogP contribution in [0.2, 0.25) is 0 Å². The summed E-state index contributed by atoms with van der Waals surface area (Å²) in [5.41, 5.74) is 9.21. The fourth-order valence-electron chi connectivity index (χ4n) is 2.77. The van der Waals surface area contributed by atoms with Crippen LogP contribution in [0.15, 0.2) is 48.5 Å². The Morgan fingerprint density at radius 1 is 1.00 bits per heavy atom. The van der Waals surface area contributed by atoms with Gasteiger partial charge in [0.2, 0.25) is 0 Å². The van der Waals surface area contributed by atoms with Gasteiger partial charge in [-0.05, 0) is 53.6 Å². The molecule has 2 aromatic carbocycles. The molecule has 0 saturated carbocycles. The number of rotatable bonds is 5. The summed E-state index contributed by atoms with van der Waals surface area (Å²) in [4.78, 5) is 0. The maximum atomic E-state index is 5.98. The molecule has 1 fully saturated rings. The van der Waals surface area contributed by atoms with Crippen LogP contribution in [0, 0.1) is 5.92 Å². The second-order valence-electron chi connectivity index (χ2n) is 5.80. The Kier molecular flexibility index (Phi) is 5.09. The Hall–Kier alpha value is -1.84. The maximum absolute atomic E-state index is 5.98. The molecule has 1 aliphatic rings. The van der Waals surface area contributed by atoms with E-state index in [0.717, 1.165) is 44.0 Å². The number of nitrogens with two attached hydrogens (primary N) is 1. The molecule has 0 spiro atoms. The second kappa shape index (κ2) is 7.43. The van der Waals surface area contributed by atoms with Gasteiger partial charge in [0.05, 0.1) is 6.61 Å². The van der Waals surface area contributed by atoms with Gasteiger partial charge in [-0.3, -0.25) is 0 Å². The number of ether oxygens (including phenoxy) is 2. The normalized spacial score (nSPS) is 15.7. The standard InChI is InChI=1S/C19H23NO2/c20-13-16-3-1-4-17(11-16)18-5-2-6-19(12-18)22-14-15-7-9-21-10-8-15/h1-6,11-12,15H,7-10,13-14,20H2. The Balaban J connectivity index is 1.68. The molecule has 22 heavy (non-hydrogen) atoms. The van der Waals surface area contributed by atoms with Gasteiger partial charge in [-0.15, -0.1) is 0 Å². The van der Waals surface area contributed by atoms with Crippen molar-refractivity contribution in [2.45, 2.75) is 19.4 Å². The number of benzene rings is 2. The zero-order valence-electron chi connectivity index (χ0n) is 12.8. The van der Waals surface area contributed by atoms with Crippen LogP contribution in [0.5, 0.6) is 5.75 Å². The van der Waals surface area contributed by atoms with Gasteiger partial charge in [-0.1, -0.05) is 30.3 Å². The van der Waals surface area contributed by atoms with Crippen molar-refractivity contribution in [2.75, 3.05) is 19.8 Å². The lowest BCUT2D eigenvalue weighted by Gasteiger charge is -2.22. The Labute approximate surface area is 132 Å². The minimum Gasteiger partial charge on any atom is -0.493 e. The molecule has 0 aromatic heterocycles. The quantitative estimate of drug-likeness (QED) is 0.916. The van der Waals surface area contributed by atoms with E-state index in [1.165, 1.54) is 11.1 Å². The van der Waals surface area contributed by atoms with Crippen molar-refractivity contribution >= 4 is 0 Å². The van der Waals surface area contributed by atoms with Gasteiger partial charge in [-0.2, -0.15) is 0 Å². The highest BCUT2D eigenvalue weighted by molar-refractivity contribution is 5.65. The molecule has 0 radical (unpaired) electrons. The molecule has 3 rings (SSSR count). The van der Waals surface area contributed by atoms with Crippen molar-refractivity contribution in [3.8, 4) is 16.9 Å². The van der Waals surface area contributed by atoms with Crippen molar-refractivity contribution in [1.82, 2.24) is 0 Å². The molecule has 2 aromatic rings. The molecular weight excluding hydrogens is 274 g/mol. The smallest absolute Gasteiger partial charge is 0.119 e. The summed E-state index contributed by atoms with van der Waals surface area (Å²) in [6.07, 6.45) is 2.19. The third-order valence-corrected chi connectivity index (χ3v) is 4.16. The highest BCUT2D eigenvalue weighted by atomic mass is 16.5. The summed E-state index contributed by atoms with van der Waals surface area (Å²) in [6, 6.07) is 16.6. The molecule has 0 atom stereocenters. The molecule has 2 N–H and O–H groups in total. The van der Waals surface area contributed by atoms with Crippen LogP contribution in [0.3, 0.4) is 0 Å². The monoisotopic (exact) mass is 297 g/mol. The molecule has 0 bridgehead atoms. The van der Waals surface area contributed by atoms with Crippen LogP contribution in [-0.2, 0) is 11.3 Å². The molecule has 3 nitrogen and oxygen atoms in total. The lowest BCUT2D eigenvalue weighted by molar-refractivity contribution is 0.0497. The molecular formula is C19H23NO2. The van der Waals surface area contributed by atoms with E-state index in [0.29, 0.717) is 12.5 Å². The Bertz CT molecular complexity index is 606. The largest absolute Gasteiger partial charge is 0.493 e. The summed E-state index contributed by atoms with van der Waals surface area (Å²) in [5.74, 6) is 1.54. The van der Waals surface area contributed by atoms with Crippen molar-refractivity contribution in [2.24, 2.45) is 11.7 Å². The number of hydrogen-bond donors (Lipinski definition) is 1. The average Bonchev–Trinajstić information content (AvgIpc) is 2.61. The minimum atomic E-state index is 0.563. The van der Waals surface area contributed by atoms with Gasteiger partial charge in [0, 0.05) is 19.8 Å².